The Morgan fingerprint density at radius 1 is 1.16 bits per heavy atom. The van der Waals surface area contributed by atoms with Gasteiger partial charge in [0.15, 0.2) is 5.84 Å². The van der Waals surface area contributed by atoms with E-state index in [1.807, 2.05) is 24.5 Å². The summed E-state index contributed by atoms with van der Waals surface area (Å²) >= 11 is 0. The Morgan fingerprint density at radius 2 is 1.97 bits per heavy atom. The van der Waals surface area contributed by atoms with E-state index < -0.39 is 0 Å². The fraction of sp³-hybridized carbons (Fsp3) is 0.448. The fourth-order valence-corrected chi connectivity index (χ4v) is 6.72. The lowest BCUT2D eigenvalue weighted by molar-refractivity contribution is 0.187. The molecule has 0 bridgehead atoms. The van der Waals surface area contributed by atoms with E-state index in [-0.39, 0.29) is 30.3 Å². The van der Waals surface area contributed by atoms with Gasteiger partial charge in [-0.15, -0.1) is 0 Å². The van der Waals surface area contributed by atoms with E-state index >= 15 is 0 Å². The molecule has 7 rings (SSSR count). The van der Waals surface area contributed by atoms with Gasteiger partial charge in [0.05, 0.1) is 24.1 Å². The average molecular weight is 516 g/mol. The Balaban J connectivity index is 0.00000264. The van der Waals surface area contributed by atoms with Gasteiger partial charge in [-0.3, -0.25) is 9.79 Å². The zero-order valence-electron chi connectivity index (χ0n) is 21.0. The minimum atomic E-state index is -0.214. The van der Waals surface area contributed by atoms with Gasteiger partial charge >= 0.3 is 0 Å². The van der Waals surface area contributed by atoms with E-state index in [2.05, 4.69) is 9.80 Å². The molecule has 1 atom stereocenters. The van der Waals surface area contributed by atoms with Crippen LogP contribution in [0.4, 0.5) is 15.9 Å². The van der Waals surface area contributed by atoms with Gasteiger partial charge in [-0.1, -0.05) is 13.5 Å². The number of aromatic nitrogens is 3. The van der Waals surface area contributed by atoms with E-state index in [1.54, 1.807) is 17.7 Å². The lowest BCUT2D eigenvalue weighted by Gasteiger charge is -2.42. The van der Waals surface area contributed by atoms with Crippen LogP contribution in [0.5, 0.6) is 0 Å². The lowest BCUT2D eigenvalue weighted by atomic mass is 9.73. The van der Waals surface area contributed by atoms with Crippen molar-refractivity contribution in [2.45, 2.75) is 52.1 Å². The van der Waals surface area contributed by atoms with Crippen LogP contribution in [-0.4, -0.2) is 40.0 Å². The van der Waals surface area contributed by atoms with Crippen LogP contribution in [0.1, 0.15) is 60.8 Å². The molecular weight excluding hydrogens is 481 g/mol. The van der Waals surface area contributed by atoms with Gasteiger partial charge in [0.1, 0.15) is 17.3 Å². The Kier molecular flexibility index (Phi) is 5.86. The number of benzene rings is 1. The zero-order valence-corrected chi connectivity index (χ0v) is 21.0. The Hall–Kier alpha value is -3.59. The van der Waals surface area contributed by atoms with Crippen LogP contribution in [0, 0.1) is 11.2 Å². The summed E-state index contributed by atoms with van der Waals surface area (Å²) in [7, 11) is 1.79. The number of anilines is 2. The van der Waals surface area contributed by atoms with E-state index in [0.29, 0.717) is 6.54 Å². The monoisotopic (exact) mass is 515 g/mol. The van der Waals surface area contributed by atoms with Crippen molar-refractivity contribution < 1.29 is 4.39 Å². The number of nitrogens with two attached hydrogens (primary N) is 1. The number of hydrogen-bond acceptors (Lipinski definition) is 7. The number of rotatable bonds is 1. The molecule has 8 nitrogen and oxygen atoms in total. The summed E-state index contributed by atoms with van der Waals surface area (Å²) in [6.45, 7) is 2.98. The second kappa shape index (κ2) is 9.01. The Labute approximate surface area is 222 Å². The third-order valence-electron chi connectivity index (χ3n) is 8.85. The summed E-state index contributed by atoms with van der Waals surface area (Å²) in [5.74, 6) is 1.46. The second-order valence-electron chi connectivity index (χ2n) is 10.9. The standard InChI is InChI=1S/C28H30FN7O.CH4/c1-34-10-6-22-19(27(34)37)3-2-9-36(22)26-24-21(15-32-26)33-23(16-31-24)35-11-7-28(8-12-35)14-17-4-5-18(29)13-20(17)25(28)30;/h4-6,10,13,16,25H,2-3,7-9,11-12,14-15,30H2,1H3;1H4/t25-;/m1./s1. The van der Waals surface area contributed by atoms with E-state index in [4.69, 9.17) is 20.7 Å². The SMILES string of the molecule is C.Cn1ccc2c(c1=O)CCCN2C1=NCc2nc(N3CCC4(CC3)Cc3ccc(F)cc3[C@H]4N)cnc21. The van der Waals surface area contributed by atoms with Crippen molar-refractivity contribution in [3.05, 3.63) is 80.9 Å². The Morgan fingerprint density at radius 3 is 2.79 bits per heavy atom. The first-order chi connectivity index (χ1) is 17.9. The van der Waals surface area contributed by atoms with Crippen LogP contribution in [0.25, 0.3) is 0 Å². The van der Waals surface area contributed by atoms with Crippen molar-refractivity contribution in [1.29, 1.82) is 0 Å². The molecule has 3 aromatic rings. The summed E-state index contributed by atoms with van der Waals surface area (Å²) < 4.78 is 15.5. The maximum Gasteiger partial charge on any atom is 0.255 e. The quantitative estimate of drug-likeness (QED) is 0.533. The summed E-state index contributed by atoms with van der Waals surface area (Å²) in [6, 6.07) is 6.92. The lowest BCUT2D eigenvalue weighted by Crippen LogP contribution is -2.44. The number of amidine groups is 1. The number of nitrogens with zero attached hydrogens (tertiary/aromatic N) is 6. The third-order valence-corrected chi connectivity index (χ3v) is 8.85. The number of pyridine rings is 1. The summed E-state index contributed by atoms with van der Waals surface area (Å²) in [4.78, 5) is 31.7. The first-order valence-corrected chi connectivity index (χ1v) is 13.1. The van der Waals surface area contributed by atoms with Crippen LogP contribution in [0.2, 0.25) is 0 Å². The molecule has 3 aliphatic heterocycles. The van der Waals surface area contributed by atoms with Gasteiger partial charge < -0.3 is 20.1 Å². The highest BCUT2D eigenvalue weighted by molar-refractivity contribution is 6.11. The molecule has 0 unspecified atom stereocenters. The van der Waals surface area contributed by atoms with E-state index in [1.165, 1.54) is 11.6 Å². The van der Waals surface area contributed by atoms with E-state index in [0.717, 1.165) is 91.6 Å². The maximum atomic E-state index is 13.8. The number of halogens is 1. The molecule has 0 amide bonds. The van der Waals surface area contributed by atoms with E-state index in [9.17, 15) is 9.18 Å². The molecule has 2 N–H and O–H groups in total. The topological polar surface area (TPSA) is 92.6 Å². The minimum Gasteiger partial charge on any atom is -0.355 e. The van der Waals surface area contributed by atoms with Gasteiger partial charge in [0, 0.05) is 44.5 Å². The molecule has 1 fully saturated rings. The molecule has 2 aromatic heterocycles. The molecule has 38 heavy (non-hydrogen) atoms. The molecule has 5 heterocycles. The second-order valence-corrected chi connectivity index (χ2v) is 10.9. The van der Waals surface area contributed by atoms with Crippen molar-refractivity contribution in [3.63, 3.8) is 0 Å². The third kappa shape index (κ3) is 3.66. The molecule has 1 spiro atoms. The number of piperidine rings is 1. The molecule has 1 aromatic carbocycles. The summed E-state index contributed by atoms with van der Waals surface area (Å²) in [5, 5.41) is 0. The molecule has 1 saturated heterocycles. The van der Waals surface area contributed by atoms with Crippen LogP contribution in [-0.2, 0) is 26.4 Å². The molecule has 0 radical (unpaired) electrons. The van der Waals surface area contributed by atoms with Crippen molar-refractivity contribution in [1.82, 2.24) is 14.5 Å². The normalized spacial score (nSPS) is 21.0. The molecular formula is C29H34FN7O. The Bertz CT molecular complexity index is 1510. The van der Waals surface area contributed by atoms with Crippen molar-refractivity contribution in [3.8, 4) is 0 Å². The first-order valence-electron chi connectivity index (χ1n) is 13.1. The number of hydrogen-bond donors (Lipinski definition) is 1. The predicted octanol–water partition coefficient (Wildman–Crippen LogP) is 3.51. The largest absolute Gasteiger partial charge is 0.355 e. The van der Waals surface area contributed by atoms with Crippen molar-refractivity contribution in [2.75, 3.05) is 29.4 Å². The van der Waals surface area contributed by atoms with Gasteiger partial charge in [0.2, 0.25) is 0 Å². The van der Waals surface area contributed by atoms with Gasteiger partial charge in [-0.2, -0.15) is 0 Å². The molecule has 9 heteroatoms. The number of aliphatic imine (C=N–C) groups is 1. The summed E-state index contributed by atoms with van der Waals surface area (Å²) in [5.41, 5.74) is 12.3. The highest BCUT2D eigenvalue weighted by Gasteiger charge is 2.46. The minimum absolute atomic E-state index is 0. The zero-order chi connectivity index (χ0) is 25.3. The molecule has 198 valence electrons. The average Bonchev–Trinajstić information content (AvgIpc) is 3.45. The first kappa shape index (κ1) is 24.7. The van der Waals surface area contributed by atoms with Gasteiger partial charge in [0.25, 0.3) is 5.56 Å². The number of aryl methyl sites for hydroxylation is 1. The number of fused-ring (bicyclic) bond motifs is 3. The smallest absolute Gasteiger partial charge is 0.255 e. The van der Waals surface area contributed by atoms with Crippen molar-refractivity contribution >= 4 is 17.3 Å². The van der Waals surface area contributed by atoms with Crippen LogP contribution in [0.3, 0.4) is 0 Å². The van der Waals surface area contributed by atoms with Crippen LogP contribution < -0.4 is 21.1 Å². The highest BCUT2D eigenvalue weighted by atomic mass is 19.1. The molecule has 4 aliphatic rings. The van der Waals surface area contributed by atoms with Crippen LogP contribution in [0.15, 0.2) is 46.4 Å². The van der Waals surface area contributed by atoms with Gasteiger partial charge in [-0.05, 0) is 66.8 Å². The molecule has 1 aliphatic carbocycles. The van der Waals surface area contributed by atoms with Crippen molar-refractivity contribution in [2.24, 2.45) is 23.2 Å². The predicted molar refractivity (Wildman–Crippen MR) is 147 cm³/mol. The highest BCUT2D eigenvalue weighted by Crippen LogP contribution is 2.51. The van der Waals surface area contributed by atoms with Gasteiger partial charge in [-0.25, -0.2) is 14.4 Å². The fourth-order valence-electron chi connectivity index (χ4n) is 6.72. The summed E-state index contributed by atoms with van der Waals surface area (Å²) in [6.07, 6.45) is 8.13. The van der Waals surface area contributed by atoms with Crippen LogP contribution >= 0.6 is 0 Å². The maximum absolute atomic E-state index is 13.8. The molecule has 0 saturated carbocycles.